The lowest BCUT2D eigenvalue weighted by atomic mass is 9.96. The molecule has 0 aromatic carbocycles. The first-order valence-electron chi connectivity index (χ1n) is 3.24. The van der Waals surface area contributed by atoms with Gasteiger partial charge in [0, 0.05) is 5.41 Å². The van der Waals surface area contributed by atoms with Crippen molar-refractivity contribution in [3.63, 3.8) is 0 Å². The van der Waals surface area contributed by atoms with Crippen LogP contribution in [0.1, 0.15) is 34.6 Å². The third-order valence-electron chi connectivity index (χ3n) is 0.739. The van der Waals surface area contributed by atoms with E-state index in [0.29, 0.717) is 0 Å². The summed E-state index contributed by atoms with van der Waals surface area (Å²) in [5.41, 5.74) is 4.57. The fourth-order valence-electron chi connectivity index (χ4n) is 0. The van der Waals surface area contributed by atoms with E-state index in [1.165, 1.54) is 0 Å². The molecule has 9 heavy (non-hydrogen) atoms. The summed E-state index contributed by atoms with van der Waals surface area (Å²) in [5.74, 6) is -0.257. The molecule has 0 bridgehead atoms. The number of carbonyl (C=O) groups excluding carboxylic acids is 1. The first kappa shape index (κ1) is 11.3. The second-order valence-electron chi connectivity index (χ2n) is 2.61. The molecule has 0 aliphatic carbocycles. The molecule has 0 saturated heterocycles. The summed E-state index contributed by atoms with van der Waals surface area (Å²) >= 11 is 0. The van der Waals surface area contributed by atoms with Crippen LogP contribution in [0.5, 0.6) is 0 Å². The molecule has 1 amide bonds. The van der Waals surface area contributed by atoms with Gasteiger partial charge >= 0.3 is 0 Å². The molecule has 0 radical (unpaired) electrons. The Hall–Kier alpha value is -0.530. The predicted octanol–water partition coefficient (Wildman–Crippen LogP) is 1.54. The van der Waals surface area contributed by atoms with Crippen molar-refractivity contribution >= 4 is 5.91 Å². The molecular formula is C7H17NO. The molecule has 0 atom stereocenters. The van der Waals surface area contributed by atoms with Crippen molar-refractivity contribution in [3.8, 4) is 0 Å². The standard InChI is InChI=1S/C5H11NO.C2H6/c1-5(2,3)4(6)7;1-2/h1-3H3,(H2,6,7);1-2H3. The van der Waals surface area contributed by atoms with Crippen LogP contribution in [0.4, 0.5) is 0 Å². The average molecular weight is 131 g/mol. The molecule has 0 heterocycles. The summed E-state index contributed by atoms with van der Waals surface area (Å²) in [6, 6.07) is 0. The molecule has 0 aromatic rings. The Balaban J connectivity index is 0. The second kappa shape index (κ2) is 4.36. The molecule has 0 aliphatic rings. The number of hydrogen-bond donors (Lipinski definition) is 1. The summed E-state index contributed by atoms with van der Waals surface area (Å²) < 4.78 is 0. The topological polar surface area (TPSA) is 43.1 Å². The Labute approximate surface area is 57.4 Å². The zero-order valence-corrected chi connectivity index (χ0v) is 6.99. The highest BCUT2D eigenvalue weighted by atomic mass is 16.1. The van der Waals surface area contributed by atoms with E-state index in [2.05, 4.69) is 0 Å². The maximum absolute atomic E-state index is 10.2. The largest absolute Gasteiger partial charge is 0.369 e. The summed E-state index contributed by atoms with van der Waals surface area (Å²) in [7, 11) is 0. The normalized spacial score (nSPS) is 9.44. The van der Waals surface area contributed by atoms with Crippen molar-refractivity contribution in [3.05, 3.63) is 0 Å². The van der Waals surface area contributed by atoms with Gasteiger partial charge < -0.3 is 5.73 Å². The molecule has 56 valence electrons. The van der Waals surface area contributed by atoms with Gasteiger partial charge in [-0.25, -0.2) is 0 Å². The molecule has 0 aromatic heterocycles. The van der Waals surface area contributed by atoms with Crippen LogP contribution in [0, 0.1) is 5.41 Å². The predicted molar refractivity (Wildman–Crippen MR) is 40.0 cm³/mol. The molecule has 0 fully saturated rings. The number of amides is 1. The number of carbonyl (C=O) groups is 1. The van der Waals surface area contributed by atoms with Gasteiger partial charge in [-0.3, -0.25) is 4.79 Å². The summed E-state index contributed by atoms with van der Waals surface area (Å²) in [6.07, 6.45) is 0. The molecule has 2 N–H and O–H groups in total. The van der Waals surface area contributed by atoms with Crippen molar-refractivity contribution in [2.24, 2.45) is 11.1 Å². The maximum Gasteiger partial charge on any atom is 0.222 e. The SMILES string of the molecule is CC.CC(C)(C)C(N)=O. The number of primary amides is 1. The van der Waals surface area contributed by atoms with Gasteiger partial charge in [-0.15, -0.1) is 0 Å². The van der Waals surface area contributed by atoms with Crippen LogP contribution >= 0.6 is 0 Å². The van der Waals surface area contributed by atoms with Gasteiger partial charge in [0.05, 0.1) is 0 Å². The molecule has 2 nitrogen and oxygen atoms in total. The van der Waals surface area contributed by atoms with E-state index in [0.717, 1.165) is 0 Å². The van der Waals surface area contributed by atoms with Gasteiger partial charge in [-0.2, -0.15) is 0 Å². The number of rotatable bonds is 0. The van der Waals surface area contributed by atoms with Crippen molar-refractivity contribution in [2.75, 3.05) is 0 Å². The first-order chi connectivity index (χ1) is 3.94. The highest BCUT2D eigenvalue weighted by molar-refractivity contribution is 5.79. The summed E-state index contributed by atoms with van der Waals surface area (Å²) in [5, 5.41) is 0. The van der Waals surface area contributed by atoms with Gasteiger partial charge in [0.1, 0.15) is 0 Å². The Morgan fingerprint density at radius 2 is 1.33 bits per heavy atom. The molecule has 0 unspecified atom stereocenters. The Morgan fingerprint density at radius 3 is 1.33 bits per heavy atom. The monoisotopic (exact) mass is 131 g/mol. The highest BCUT2D eigenvalue weighted by Gasteiger charge is 2.16. The zero-order chi connectivity index (χ0) is 8.08. The van der Waals surface area contributed by atoms with Crippen LogP contribution in [0.15, 0.2) is 0 Å². The molecule has 2 heteroatoms. The summed E-state index contributed by atoms with van der Waals surface area (Å²) in [4.78, 5) is 10.2. The zero-order valence-electron chi connectivity index (χ0n) is 6.99. The van der Waals surface area contributed by atoms with Crippen molar-refractivity contribution in [1.82, 2.24) is 0 Å². The Bertz CT molecular complexity index is 81.4. The lowest BCUT2D eigenvalue weighted by Gasteiger charge is -2.10. The minimum absolute atomic E-state index is 0.257. The molecule has 0 spiro atoms. The number of hydrogen-bond acceptors (Lipinski definition) is 1. The third-order valence-corrected chi connectivity index (χ3v) is 0.739. The number of nitrogens with two attached hydrogens (primary N) is 1. The fraction of sp³-hybridized carbons (Fsp3) is 0.857. The van der Waals surface area contributed by atoms with Crippen molar-refractivity contribution in [2.45, 2.75) is 34.6 Å². The second-order valence-corrected chi connectivity index (χ2v) is 2.61. The van der Waals surface area contributed by atoms with Crippen LogP contribution in [0.25, 0.3) is 0 Å². The maximum atomic E-state index is 10.2. The summed E-state index contributed by atoms with van der Waals surface area (Å²) in [6.45, 7) is 9.36. The Morgan fingerprint density at radius 1 is 1.22 bits per heavy atom. The van der Waals surface area contributed by atoms with Crippen LogP contribution in [0.2, 0.25) is 0 Å². The highest BCUT2D eigenvalue weighted by Crippen LogP contribution is 2.09. The minimum atomic E-state index is -0.361. The molecule has 0 rings (SSSR count). The lowest BCUT2D eigenvalue weighted by Crippen LogP contribution is -2.27. The third kappa shape index (κ3) is 7.47. The van der Waals surface area contributed by atoms with Gasteiger partial charge in [0.2, 0.25) is 5.91 Å². The smallest absolute Gasteiger partial charge is 0.222 e. The Kier molecular flexibility index (Phi) is 5.47. The van der Waals surface area contributed by atoms with E-state index in [-0.39, 0.29) is 11.3 Å². The van der Waals surface area contributed by atoms with Gasteiger partial charge in [-0.1, -0.05) is 34.6 Å². The van der Waals surface area contributed by atoms with Crippen LogP contribution in [-0.2, 0) is 4.79 Å². The molecular weight excluding hydrogens is 114 g/mol. The van der Waals surface area contributed by atoms with Gasteiger partial charge in [-0.05, 0) is 0 Å². The van der Waals surface area contributed by atoms with Crippen molar-refractivity contribution in [1.29, 1.82) is 0 Å². The van der Waals surface area contributed by atoms with E-state index in [1.54, 1.807) is 20.8 Å². The van der Waals surface area contributed by atoms with E-state index < -0.39 is 0 Å². The van der Waals surface area contributed by atoms with Crippen LogP contribution < -0.4 is 5.73 Å². The van der Waals surface area contributed by atoms with Crippen LogP contribution in [0.3, 0.4) is 0 Å². The molecule has 0 aliphatic heterocycles. The molecule has 0 saturated carbocycles. The van der Waals surface area contributed by atoms with E-state index in [4.69, 9.17) is 5.73 Å². The van der Waals surface area contributed by atoms with E-state index in [9.17, 15) is 4.79 Å². The minimum Gasteiger partial charge on any atom is -0.369 e. The lowest BCUT2D eigenvalue weighted by molar-refractivity contribution is -0.125. The van der Waals surface area contributed by atoms with Gasteiger partial charge in [0.15, 0.2) is 0 Å². The van der Waals surface area contributed by atoms with E-state index in [1.807, 2.05) is 13.8 Å². The fourth-order valence-corrected chi connectivity index (χ4v) is 0. The first-order valence-corrected chi connectivity index (χ1v) is 3.24. The van der Waals surface area contributed by atoms with Gasteiger partial charge in [0.25, 0.3) is 0 Å². The average Bonchev–Trinajstić information content (AvgIpc) is 1.69. The quantitative estimate of drug-likeness (QED) is 0.532. The van der Waals surface area contributed by atoms with Crippen molar-refractivity contribution < 1.29 is 4.79 Å². The van der Waals surface area contributed by atoms with Crippen LogP contribution in [-0.4, -0.2) is 5.91 Å². The van der Waals surface area contributed by atoms with E-state index >= 15 is 0 Å².